The van der Waals surface area contributed by atoms with Crippen LogP contribution in [0.25, 0.3) is 0 Å². The van der Waals surface area contributed by atoms with E-state index < -0.39 is 0 Å². The second-order valence-electron chi connectivity index (χ2n) is 9.96. The summed E-state index contributed by atoms with van der Waals surface area (Å²) in [5.74, 6) is 2.30. The zero-order valence-corrected chi connectivity index (χ0v) is 20.8. The Morgan fingerprint density at radius 2 is 1.73 bits per heavy atom. The lowest BCUT2D eigenvalue weighted by Crippen LogP contribution is -2.52. The van der Waals surface area contributed by atoms with Crippen LogP contribution in [0.2, 0.25) is 0 Å². The lowest BCUT2D eigenvalue weighted by atomic mass is 9.64. The van der Waals surface area contributed by atoms with Gasteiger partial charge >= 0.3 is 6.09 Å². The van der Waals surface area contributed by atoms with Crippen LogP contribution in [0.4, 0.5) is 22.2 Å². The highest BCUT2D eigenvalue weighted by Crippen LogP contribution is 2.43. The second-order valence-corrected chi connectivity index (χ2v) is 9.96. The molecule has 8 heteroatoms. The molecule has 8 nitrogen and oxygen atoms in total. The van der Waals surface area contributed by atoms with Crippen LogP contribution in [0.5, 0.6) is 0 Å². The van der Waals surface area contributed by atoms with Gasteiger partial charge in [-0.3, -0.25) is 0 Å². The molecule has 2 bridgehead atoms. The maximum Gasteiger partial charge on any atom is 0.407 e. The van der Waals surface area contributed by atoms with Gasteiger partial charge in [0.25, 0.3) is 0 Å². The Morgan fingerprint density at radius 1 is 1.03 bits per heavy atom. The molecule has 2 fully saturated rings. The minimum atomic E-state index is -0.333. The van der Waals surface area contributed by atoms with Crippen molar-refractivity contribution in [1.29, 1.82) is 5.26 Å². The summed E-state index contributed by atoms with van der Waals surface area (Å²) >= 11 is 0. The van der Waals surface area contributed by atoms with Crippen molar-refractivity contribution in [1.82, 2.24) is 15.3 Å². The van der Waals surface area contributed by atoms with Gasteiger partial charge in [-0.1, -0.05) is 55.0 Å². The fourth-order valence-electron chi connectivity index (χ4n) is 5.72. The van der Waals surface area contributed by atoms with Gasteiger partial charge in [0.05, 0.1) is 6.20 Å². The molecule has 37 heavy (non-hydrogen) atoms. The lowest BCUT2D eigenvalue weighted by molar-refractivity contribution is 0.0732. The largest absolute Gasteiger partial charge is 0.445 e. The number of benzene rings is 2. The smallest absolute Gasteiger partial charge is 0.407 e. The van der Waals surface area contributed by atoms with E-state index in [2.05, 4.69) is 32.0 Å². The third-order valence-corrected chi connectivity index (χ3v) is 7.43. The SMILES string of the molecule is N#Cc1cnc(Nc2ccccc2)nc1NCC1C[C@H]2CCC[C@@H](C1)[C@@H]2NC(=O)OCc1ccccc1. The molecule has 1 aromatic heterocycles. The van der Waals surface area contributed by atoms with E-state index in [0.717, 1.165) is 43.5 Å². The zero-order chi connectivity index (χ0) is 25.5. The van der Waals surface area contributed by atoms with Crippen molar-refractivity contribution in [2.24, 2.45) is 17.8 Å². The number of carbonyl (C=O) groups is 1. The molecule has 1 amide bonds. The fraction of sp³-hybridized carbons (Fsp3) is 0.379. The number of nitriles is 1. The molecule has 2 saturated carbocycles. The highest BCUT2D eigenvalue weighted by atomic mass is 16.5. The number of anilines is 3. The minimum Gasteiger partial charge on any atom is -0.445 e. The third kappa shape index (κ3) is 6.36. The number of amides is 1. The summed E-state index contributed by atoms with van der Waals surface area (Å²) in [4.78, 5) is 21.4. The number of hydrogen-bond donors (Lipinski definition) is 3. The summed E-state index contributed by atoms with van der Waals surface area (Å²) in [7, 11) is 0. The molecular weight excluding hydrogens is 464 g/mol. The number of alkyl carbamates (subject to hydrolysis) is 1. The second kappa shape index (κ2) is 11.7. The molecule has 0 radical (unpaired) electrons. The first-order valence-electron chi connectivity index (χ1n) is 13.0. The predicted octanol–water partition coefficient (Wildman–Crippen LogP) is 5.63. The molecule has 0 saturated heterocycles. The van der Waals surface area contributed by atoms with Gasteiger partial charge in [0.1, 0.15) is 24.1 Å². The number of rotatable bonds is 8. The number of fused-ring (bicyclic) bond motifs is 2. The maximum atomic E-state index is 12.5. The molecular formula is C29H32N6O2. The van der Waals surface area contributed by atoms with Crippen LogP contribution in [0.1, 0.15) is 43.2 Å². The molecule has 0 aliphatic heterocycles. The van der Waals surface area contributed by atoms with Crippen molar-refractivity contribution in [3.8, 4) is 6.07 Å². The molecule has 190 valence electrons. The quantitative estimate of drug-likeness (QED) is 0.371. The monoisotopic (exact) mass is 496 g/mol. The van der Waals surface area contributed by atoms with E-state index in [1.165, 1.54) is 6.42 Å². The summed E-state index contributed by atoms with van der Waals surface area (Å²) in [6.07, 6.45) is 6.69. The Hall–Kier alpha value is -4.12. The Balaban J connectivity index is 1.16. The first kappa shape index (κ1) is 24.6. The predicted molar refractivity (Wildman–Crippen MR) is 142 cm³/mol. The van der Waals surface area contributed by atoms with Gasteiger partial charge in [-0.2, -0.15) is 10.2 Å². The Labute approximate surface area is 217 Å². The summed E-state index contributed by atoms with van der Waals surface area (Å²) in [5.41, 5.74) is 2.30. The summed E-state index contributed by atoms with van der Waals surface area (Å²) in [5, 5.41) is 19.3. The van der Waals surface area contributed by atoms with Crippen LogP contribution < -0.4 is 16.0 Å². The molecule has 5 rings (SSSR count). The summed E-state index contributed by atoms with van der Waals surface area (Å²) < 4.78 is 5.49. The van der Waals surface area contributed by atoms with Gasteiger partial charge in [-0.05, 0) is 61.1 Å². The standard InChI is InChI=1S/C29H32N6O2/c30-16-24-18-32-28(33-25-12-5-2-6-13-25)35-27(24)31-17-21-14-22-10-7-11-23(15-21)26(22)34-29(36)37-19-20-8-3-1-4-9-20/h1-6,8-9,12-13,18,21-23,26H,7,10-11,14-15,17,19H2,(H,34,36)(H2,31,32,33,35)/t21?,22-,23+,26-. The normalized spacial score (nSPS) is 22.4. The Morgan fingerprint density at radius 3 is 2.43 bits per heavy atom. The third-order valence-electron chi connectivity index (χ3n) is 7.43. The van der Waals surface area contributed by atoms with Crippen LogP contribution in [-0.2, 0) is 11.3 Å². The van der Waals surface area contributed by atoms with Crippen LogP contribution in [0.15, 0.2) is 66.9 Å². The van der Waals surface area contributed by atoms with Gasteiger partial charge in [0.2, 0.25) is 5.95 Å². The number of nitrogens with one attached hydrogen (secondary N) is 3. The van der Waals surface area contributed by atoms with E-state index in [4.69, 9.17) is 4.74 Å². The highest BCUT2D eigenvalue weighted by Gasteiger charge is 2.41. The molecule has 2 aliphatic carbocycles. The Bertz CT molecular complexity index is 1220. The average Bonchev–Trinajstić information content (AvgIpc) is 2.92. The van der Waals surface area contributed by atoms with Crippen LogP contribution in [0.3, 0.4) is 0 Å². The molecule has 3 aromatic rings. The summed E-state index contributed by atoms with van der Waals surface area (Å²) in [6, 6.07) is 21.8. The minimum absolute atomic E-state index is 0.156. The van der Waals surface area contributed by atoms with E-state index in [-0.39, 0.29) is 18.7 Å². The highest BCUT2D eigenvalue weighted by molar-refractivity contribution is 5.67. The van der Waals surface area contributed by atoms with E-state index in [1.54, 1.807) is 6.20 Å². The molecule has 3 N–H and O–H groups in total. The first-order chi connectivity index (χ1) is 18.2. The number of carbonyl (C=O) groups excluding carboxylic acids is 1. The number of ether oxygens (including phenoxy) is 1. The van der Waals surface area contributed by atoms with Crippen LogP contribution in [0, 0.1) is 29.1 Å². The topological polar surface area (TPSA) is 112 Å². The number of para-hydroxylation sites is 1. The maximum absolute atomic E-state index is 12.5. The fourth-order valence-corrected chi connectivity index (χ4v) is 5.72. The van der Waals surface area contributed by atoms with Crippen LogP contribution >= 0.6 is 0 Å². The van der Waals surface area contributed by atoms with Gasteiger partial charge in [-0.25, -0.2) is 9.78 Å². The van der Waals surface area contributed by atoms with E-state index in [9.17, 15) is 10.1 Å². The van der Waals surface area contributed by atoms with E-state index in [0.29, 0.717) is 35.1 Å². The van der Waals surface area contributed by atoms with Gasteiger partial charge in [0, 0.05) is 18.3 Å². The average molecular weight is 497 g/mol. The van der Waals surface area contributed by atoms with Crippen molar-refractivity contribution >= 4 is 23.5 Å². The Kier molecular flexibility index (Phi) is 7.80. The van der Waals surface area contributed by atoms with Crippen molar-refractivity contribution in [2.75, 3.05) is 17.2 Å². The van der Waals surface area contributed by atoms with Crippen LogP contribution in [-0.4, -0.2) is 28.6 Å². The molecule has 2 aliphatic rings. The molecule has 4 atom stereocenters. The molecule has 1 unspecified atom stereocenters. The van der Waals surface area contributed by atoms with Crippen molar-refractivity contribution in [2.45, 2.75) is 44.8 Å². The van der Waals surface area contributed by atoms with Crippen molar-refractivity contribution < 1.29 is 9.53 Å². The molecule has 1 heterocycles. The number of nitrogens with zero attached hydrogens (tertiary/aromatic N) is 3. The van der Waals surface area contributed by atoms with Crippen molar-refractivity contribution in [3.63, 3.8) is 0 Å². The molecule has 0 spiro atoms. The van der Waals surface area contributed by atoms with E-state index in [1.807, 2.05) is 60.7 Å². The lowest BCUT2D eigenvalue weighted by Gasteiger charge is -2.46. The zero-order valence-electron chi connectivity index (χ0n) is 20.8. The number of hydrogen-bond acceptors (Lipinski definition) is 7. The number of aromatic nitrogens is 2. The van der Waals surface area contributed by atoms with E-state index >= 15 is 0 Å². The summed E-state index contributed by atoms with van der Waals surface area (Å²) in [6.45, 7) is 1.01. The van der Waals surface area contributed by atoms with Gasteiger partial charge < -0.3 is 20.7 Å². The van der Waals surface area contributed by atoms with Crippen molar-refractivity contribution in [3.05, 3.63) is 78.0 Å². The van der Waals surface area contributed by atoms with Gasteiger partial charge in [0.15, 0.2) is 0 Å². The first-order valence-corrected chi connectivity index (χ1v) is 13.0. The van der Waals surface area contributed by atoms with Gasteiger partial charge in [-0.15, -0.1) is 0 Å². The molecule has 2 aromatic carbocycles.